The van der Waals surface area contributed by atoms with E-state index in [1.807, 2.05) is 6.20 Å². The molecule has 32 heavy (non-hydrogen) atoms. The minimum absolute atomic E-state index is 0.447. The number of pyridine rings is 1. The molecule has 5 rings (SSSR count). The van der Waals surface area contributed by atoms with E-state index in [4.69, 9.17) is 4.98 Å². The van der Waals surface area contributed by atoms with E-state index >= 15 is 0 Å². The lowest BCUT2D eigenvalue weighted by Crippen LogP contribution is -2.50. The van der Waals surface area contributed by atoms with Crippen molar-refractivity contribution < 1.29 is 0 Å². The van der Waals surface area contributed by atoms with Crippen molar-refractivity contribution in [3.63, 3.8) is 0 Å². The van der Waals surface area contributed by atoms with Crippen LogP contribution in [0.25, 0.3) is 0 Å². The summed E-state index contributed by atoms with van der Waals surface area (Å²) in [5.74, 6) is 0. The van der Waals surface area contributed by atoms with Crippen molar-refractivity contribution in [1.82, 2.24) is 20.1 Å². The van der Waals surface area contributed by atoms with Crippen LogP contribution in [0.2, 0.25) is 0 Å². The summed E-state index contributed by atoms with van der Waals surface area (Å²) in [5.41, 5.74) is 7.29. The normalized spacial score (nSPS) is 24.0. The molecule has 1 saturated heterocycles. The second-order valence-electron chi connectivity index (χ2n) is 10.2. The SMILES string of the molecule is CC(C)N1CCN(c2cccc3c2C[C@H](CN(C)[C@H]2CCCc4cccnc42)NC3)CC1. The van der Waals surface area contributed by atoms with Crippen LogP contribution in [0.15, 0.2) is 36.5 Å². The lowest BCUT2D eigenvalue weighted by Gasteiger charge is -2.41. The maximum absolute atomic E-state index is 4.77. The molecule has 172 valence electrons. The Morgan fingerprint density at radius 1 is 1.09 bits per heavy atom. The van der Waals surface area contributed by atoms with Gasteiger partial charge in [-0.15, -0.1) is 0 Å². The molecule has 0 radical (unpaired) electrons. The Morgan fingerprint density at radius 2 is 1.91 bits per heavy atom. The van der Waals surface area contributed by atoms with E-state index in [1.54, 1.807) is 5.56 Å². The summed E-state index contributed by atoms with van der Waals surface area (Å²) in [7, 11) is 2.29. The summed E-state index contributed by atoms with van der Waals surface area (Å²) < 4.78 is 0. The third kappa shape index (κ3) is 4.43. The smallest absolute Gasteiger partial charge is 0.0607 e. The van der Waals surface area contributed by atoms with Crippen LogP contribution >= 0.6 is 0 Å². The first kappa shape index (κ1) is 21.9. The van der Waals surface area contributed by atoms with Gasteiger partial charge >= 0.3 is 0 Å². The molecule has 0 bridgehead atoms. The van der Waals surface area contributed by atoms with Gasteiger partial charge in [0.1, 0.15) is 0 Å². The highest BCUT2D eigenvalue weighted by Crippen LogP contribution is 2.33. The van der Waals surface area contributed by atoms with Crippen molar-refractivity contribution in [2.45, 2.75) is 64.2 Å². The lowest BCUT2D eigenvalue weighted by atomic mass is 9.89. The van der Waals surface area contributed by atoms with E-state index < -0.39 is 0 Å². The third-order valence-corrected chi connectivity index (χ3v) is 7.87. The molecule has 2 aliphatic heterocycles. The topological polar surface area (TPSA) is 34.6 Å². The molecule has 0 spiro atoms. The van der Waals surface area contributed by atoms with Crippen molar-refractivity contribution in [3.05, 3.63) is 58.9 Å². The quantitative estimate of drug-likeness (QED) is 0.779. The Labute approximate surface area is 193 Å². The van der Waals surface area contributed by atoms with Crippen molar-refractivity contribution in [3.8, 4) is 0 Å². The fraction of sp³-hybridized carbons (Fsp3) is 0.593. The van der Waals surface area contributed by atoms with Crippen LogP contribution in [-0.2, 0) is 19.4 Å². The van der Waals surface area contributed by atoms with Gasteiger partial charge in [-0.3, -0.25) is 14.8 Å². The molecule has 3 aliphatic rings. The molecule has 0 saturated carbocycles. The summed E-state index contributed by atoms with van der Waals surface area (Å²) in [4.78, 5) is 12.6. The molecule has 5 heteroatoms. The summed E-state index contributed by atoms with van der Waals surface area (Å²) in [6.07, 6.45) is 6.74. The minimum atomic E-state index is 0.447. The van der Waals surface area contributed by atoms with Gasteiger partial charge in [0, 0.05) is 63.2 Å². The van der Waals surface area contributed by atoms with Gasteiger partial charge in [-0.05, 0) is 75.4 Å². The first-order valence-electron chi connectivity index (χ1n) is 12.6. The number of rotatable bonds is 5. The van der Waals surface area contributed by atoms with Crippen molar-refractivity contribution in [2.75, 3.05) is 44.7 Å². The third-order valence-electron chi connectivity index (χ3n) is 7.87. The predicted octanol–water partition coefficient (Wildman–Crippen LogP) is 3.64. The molecule has 0 amide bonds. The van der Waals surface area contributed by atoms with Crippen LogP contribution in [0, 0.1) is 0 Å². The van der Waals surface area contributed by atoms with Crippen LogP contribution in [0.5, 0.6) is 0 Å². The molecule has 3 heterocycles. The Balaban J connectivity index is 1.28. The van der Waals surface area contributed by atoms with E-state index in [9.17, 15) is 0 Å². The van der Waals surface area contributed by atoms with Gasteiger partial charge in [-0.2, -0.15) is 0 Å². The first-order chi connectivity index (χ1) is 15.6. The largest absolute Gasteiger partial charge is 0.369 e. The number of likely N-dealkylation sites (N-methyl/N-ethyl adjacent to an activating group) is 1. The number of fused-ring (bicyclic) bond motifs is 2. The molecule has 5 nitrogen and oxygen atoms in total. The van der Waals surface area contributed by atoms with Gasteiger partial charge in [0.25, 0.3) is 0 Å². The fourth-order valence-electron chi connectivity index (χ4n) is 5.99. The number of nitrogens with zero attached hydrogens (tertiary/aromatic N) is 4. The van der Waals surface area contributed by atoms with Crippen molar-refractivity contribution in [2.24, 2.45) is 0 Å². The van der Waals surface area contributed by atoms with Crippen LogP contribution in [-0.4, -0.2) is 66.6 Å². The van der Waals surface area contributed by atoms with Gasteiger partial charge in [0.05, 0.1) is 11.7 Å². The van der Waals surface area contributed by atoms with Crippen LogP contribution < -0.4 is 10.2 Å². The molecule has 1 fully saturated rings. The standard InChI is InChI=1S/C27H39N5/c1-20(2)31-13-15-32(16-14-31)25-10-5-8-22-18-29-23(17-24(22)25)19-30(3)26-11-4-7-21-9-6-12-28-27(21)26/h5-6,8-10,12,20,23,26,29H,4,7,11,13-19H2,1-3H3/t23-,26+/m1/s1. The molecule has 2 atom stereocenters. The number of aryl methyl sites for hydroxylation is 1. The fourth-order valence-corrected chi connectivity index (χ4v) is 5.99. The highest BCUT2D eigenvalue weighted by atomic mass is 15.3. The van der Waals surface area contributed by atoms with E-state index in [2.05, 4.69) is 71.2 Å². The maximum atomic E-state index is 4.77. The highest BCUT2D eigenvalue weighted by Gasteiger charge is 2.29. The number of anilines is 1. The molecular weight excluding hydrogens is 394 g/mol. The number of aromatic nitrogens is 1. The zero-order chi connectivity index (χ0) is 22.1. The number of piperazine rings is 1. The van der Waals surface area contributed by atoms with Gasteiger partial charge in [0.15, 0.2) is 0 Å². The van der Waals surface area contributed by atoms with Crippen molar-refractivity contribution in [1.29, 1.82) is 0 Å². The van der Waals surface area contributed by atoms with Gasteiger partial charge in [-0.1, -0.05) is 18.2 Å². The molecule has 1 N–H and O–H groups in total. The lowest BCUT2D eigenvalue weighted by molar-refractivity contribution is 0.190. The van der Waals surface area contributed by atoms with Crippen LogP contribution in [0.3, 0.4) is 0 Å². The average molecular weight is 434 g/mol. The van der Waals surface area contributed by atoms with Crippen molar-refractivity contribution >= 4 is 5.69 Å². The highest BCUT2D eigenvalue weighted by molar-refractivity contribution is 5.58. The molecule has 2 aromatic rings. The number of benzene rings is 1. The first-order valence-corrected chi connectivity index (χ1v) is 12.6. The van der Waals surface area contributed by atoms with E-state index in [0.717, 1.165) is 32.6 Å². The van der Waals surface area contributed by atoms with Gasteiger partial charge < -0.3 is 10.2 Å². The predicted molar refractivity (Wildman–Crippen MR) is 132 cm³/mol. The Bertz CT molecular complexity index is 918. The van der Waals surface area contributed by atoms with E-state index in [1.165, 1.54) is 54.9 Å². The van der Waals surface area contributed by atoms with Crippen LogP contribution in [0.4, 0.5) is 5.69 Å². The zero-order valence-electron chi connectivity index (χ0n) is 20.1. The molecule has 1 aliphatic carbocycles. The van der Waals surface area contributed by atoms with Gasteiger partial charge in [-0.25, -0.2) is 0 Å². The second kappa shape index (κ2) is 9.50. The van der Waals surface area contributed by atoms with Gasteiger partial charge in [0.2, 0.25) is 0 Å². The minimum Gasteiger partial charge on any atom is -0.369 e. The monoisotopic (exact) mass is 433 g/mol. The van der Waals surface area contributed by atoms with E-state index in [-0.39, 0.29) is 0 Å². The Hall–Kier alpha value is -1.95. The number of nitrogens with one attached hydrogen (secondary N) is 1. The number of hydrogen-bond donors (Lipinski definition) is 1. The summed E-state index contributed by atoms with van der Waals surface area (Å²) >= 11 is 0. The Morgan fingerprint density at radius 3 is 2.72 bits per heavy atom. The molecule has 0 unspecified atom stereocenters. The summed E-state index contributed by atoms with van der Waals surface area (Å²) in [6, 6.07) is 12.9. The maximum Gasteiger partial charge on any atom is 0.0607 e. The average Bonchev–Trinajstić information content (AvgIpc) is 2.83. The zero-order valence-corrected chi connectivity index (χ0v) is 20.1. The van der Waals surface area contributed by atoms with Crippen LogP contribution in [0.1, 0.15) is 55.1 Å². The molecule has 1 aromatic carbocycles. The number of hydrogen-bond acceptors (Lipinski definition) is 5. The summed E-state index contributed by atoms with van der Waals surface area (Å²) in [5, 5.41) is 3.83. The molecule has 1 aromatic heterocycles. The Kier molecular flexibility index (Phi) is 6.49. The van der Waals surface area contributed by atoms with E-state index in [0.29, 0.717) is 18.1 Å². The second-order valence-corrected chi connectivity index (χ2v) is 10.2. The molecular formula is C27H39N5. The summed E-state index contributed by atoms with van der Waals surface area (Å²) in [6.45, 7) is 11.3.